The Bertz CT molecular complexity index is 238. The molecule has 0 unspecified atom stereocenters. The Kier molecular flexibility index (Phi) is 5.46. The van der Waals surface area contributed by atoms with Crippen molar-refractivity contribution in [3.05, 3.63) is 11.6 Å². The first-order valence-electron chi connectivity index (χ1n) is 6.25. The van der Waals surface area contributed by atoms with Gasteiger partial charge in [0.25, 0.3) is 0 Å². The molecular formula is C13H26N2O. The molecule has 0 amide bonds. The van der Waals surface area contributed by atoms with Crippen LogP contribution in [0.3, 0.4) is 0 Å². The second kappa shape index (κ2) is 6.38. The van der Waals surface area contributed by atoms with Crippen LogP contribution in [0.5, 0.6) is 0 Å². The lowest BCUT2D eigenvalue weighted by molar-refractivity contribution is 0.167. The van der Waals surface area contributed by atoms with E-state index in [0.29, 0.717) is 12.1 Å². The molecule has 0 aromatic carbocycles. The Labute approximate surface area is 99.7 Å². The summed E-state index contributed by atoms with van der Waals surface area (Å²) in [7, 11) is 4.24. The van der Waals surface area contributed by atoms with Crippen LogP contribution in [0.25, 0.3) is 0 Å². The van der Waals surface area contributed by atoms with Crippen LogP contribution in [0.2, 0.25) is 0 Å². The van der Waals surface area contributed by atoms with E-state index in [1.807, 2.05) is 0 Å². The predicted octanol–water partition coefficient (Wildman–Crippen LogP) is 1.34. The molecule has 3 heteroatoms. The highest BCUT2D eigenvalue weighted by Crippen LogP contribution is 2.21. The van der Waals surface area contributed by atoms with Crippen molar-refractivity contribution < 1.29 is 5.11 Å². The number of hydrogen-bond donors (Lipinski definition) is 1. The number of aliphatic hydroxyl groups is 1. The first-order valence-corrected chi connectivity index (χ1v) is 6.25. The minimum Gasteiger partial charge on any atom is -0.395 e. The average Bonchev–Trinajstić information content (AvgIpc) is 2.61. The molecule has 1 N–H and O–H groups in total. The highest BCUT2D eigenvalue weighted by molar-refractivity contribution is 5.03. The van der Waals surface area contributed by atoms with Gasteiger partial charge in [0.15, 0.2) is 0 Å². The van der Waals surface area contributed by atoms with Crippen LogP contribution < -0.4 is 0 Å². The van der Waals surface area contributed by atoms with Crippen LogP contribution in [-0.2, 0) is 0 Å². The van der Waals surface area contributed by atoms with Gasteiger partial charge in [-0.2, -0.15) is 0 Å². The summed E-state index contributed by atoms with van der Waals surface area (Å²) in [6, 6.07) is 0.930. The number of aliphatic hydroxyl groups excluding tert-OH is 1. The maximum absolute atomic E-state index is 9.40. The van der Waals surface area contributed by atoms with Gasteiger partial charge in [0, 0.05) is 25.2 Å². The Morgan fingerprint density at radius 1 is 1.50 bits per heavy atom. The van der Waals surface area contributed by atoms with Crippen LogP contribution in [-0.4, -0.2) is 60.8 Å². The van der Waals surface area contributed by atoms with Crippen molar-refractivity contribution >= 4 is 0 Å². The SMILES string of the molecule is CC/C=C(\C)CN1C[C@H](N(C)C)C[C@H]1CO. The Hall–Kier alpha value is -0.380. The maximum atomic E-state index is 9.40. The predicted molar refractivity (Wildman–Crippen MR) is 68.6 cm³/mol. The number of hydrogen-bond acceptors (Lipinski definition) is 3. The van der Waals surface area contributed by atoms with Gasteiger partial charge in [0.1, 0.15) is 0 Å². The smallest absolute Gasteiger partial charge is 0.0587 e. The summed E-state index contributed by atoms with van der Waals surface area (Å²) >= 11 is 0. The summed E-state index contributed by atoms with van der Waals surface area (Å²) in [6.45, 7) is 6.71. The first-order chi connectivity index (χ1) is 7.58. The van der Waals surface area contributed by atoms with Gasteiger partial charge in [-0.15, -0.1) is 0 Å². The topological polar surface area (TPSA) is 26.7 Å². The quantitative estimate of drug-likeness (QED) is 0.717. The second-order valence-electron chi connectivity index (χ2n) is 5.08. The van der Waals surface area contributed by atoms with E-state index in [1.54, 1.807) is 0 Å². The van der Waals surface area contributed by atoms with Crippen LogP contribution in [0.15, 0.2) is 11.6 Å². The molecule has 2 atom stereocenters. The molecule has 1 heterocycles. The van der Waals surface area contributed by atoms with Gasteiger partial charge in [0.05, 0.1) is 6.61 Å². The molecule has 16 heavy (non-hydrogen) atoms. The fraction of sp³-hybridized carbons (Fsp3) is 0.846. The number of rotatable bonds is 5. The fourth-order valence-electron chi connectivity index (χ4n) is 2.45. The zero-order chi connectivity index (χ0) is 12.1. The molecule has 1 rings (SSSR count). The lowest BCUT2D eigenvalue weighted by Crippen LogP contribution is -2.35. The molecule has 1 fully saturated rings. The largest absolute Gasteiger partial charge is 0.395 e. The van der Waals surface area contributed by atoms with Gasteiger partial charge in [-0.05, 0) is 33.9 Å². The first kappa shape index (κ1) is 13.7. The lowest BCUT2D eigenvalue weighted by atomic mass is 10.1. The monoisotopic (exact) mass is 226 g/mol. The third-order valence-electron chi connectivity index (χ3n) is 3.45. The van der Waals surface area contributed by atoms with Crippen molar-refractivity contribution in [2.45, 2.75) is 38.8 Å². The number of likely N-dealkylation sites (tertiary alicyclic amines) is 1. The molecule has 1 saturated heterocycles. The minimum atomic E-state index is 0.281. The summed E-state index contributed by atoms with van der Waals surface area (Å²) in [5, 5.41) is 9.40. The van der Waals surface area contributed by atoms with E-state index in [1.165, 1.54) is 5.57 Å². The van der Waals surface area contributed by atoms with E-state index in [0.717, 1.165) is 25.9 Å². The Balaban J connectivity index is 2.55. The highest BCUT2D eigenvalue weighted by Gasteiger charge is 2.32. The van der Waals surface area contributed by atoms with Crippen LogP contribution in [0.1, 0.15) is 26.7 Å². The Morgan fingerprint density at radius 3 is 2.69 bits per heavy atom. The summed E-state index contributed by atoms with van der Waals surface area (Å²) in [5.41, 5.74) is 1.42. The van der Waals surface area contributed by atoms with Gasteiger partial charge in [0.2, 0.25) is 0 Å². The summed E-state index contributed by atoms with van der Waals surface area (Å²) in [6.07, 6.45) is 4.46. The van der Waals surface area contributed by atoms with E-state index >= 15 is 0 Å². The molecule has 0 saturated carbocycles. The van der Waals surface area contributed by atoms with Crippen LogP contribution >= 0.6 is 0 Å². The van der Waals surface area contributed by atoms with E-state index in [2.05, 4.69) is 43.8 Å². The molecule has 1 aliphatic rings. The summed E-state index contributed by atoms with van der Waals surface area (Å²) in [4.78, 5) is 4.67. The molecule has 94 valence electrons. The van der Waals surface area contributed by atoms with Crippen molar-refractivity contribution in [3.8, 4) is 0 Å². The second-order valence-corrected chi connectivity index (χ2v) is 5.08. The van der Waals surface area contributed by atoms with Crippen molar-refractivity contribution in [1.29, 1.82) is 0 Å². The fourth-order valence-corrected chi connectivity index (χ4v) is 2.45. The van der Waals surface area contributed by atoms with Crippen molar-refractivity contribution in [2.75, 3.05) is 33.8 Å². The summed E-state index contributed by atoms with van der Waals surface area (Å²) in [5.74, 6) is 0. The van der Waals surface area contributed by atoms with Crippen LogP contribution in [0, 0.1) is 0 Å². The minimum absolute atomic E-state index is 0.281. The van der Waals surface area contributed by atoms with Gasteiger partial charge in [-0.3, -0.25) is 4.90 Å². The maximum Gasteiger partial charge on any atom is 0.0587 e. The lowest BCUT2D eigenvalue weighted by Gasteiger charge is -2.23. The van der Waals surface area contributed by atoms with Crippen molar-refractivity contribution in [3.63, 3.8) is 0 Å². The standard InChI is InChI=1S/C13H26N2O/c1-5-6-11(2)8-15-9-12(14(3)4)7-13(15)10-16/h6,12-13,16H,5,7-10H2,1-4H3/b11-6+/t12-,13+/m1/s1. The zero-order valence-corrected chi connectivity index (χ0v) is 11.1. The third kappa shape index (κ3) is 3.58. The Morgan fingerprint density at radius 2 is 2.19 bits per heavy atom. The molecule has 0 aliphatic carbocycles. The normalized spacial score (nSPS) is 28.0. The molecule has 3 nitrogen and oxygen atoms in total. The van der Waals surface area contributed by atoms with E-state index < -0.39 is 0 Å². The average molecular weight is 226 g/mol. The molecule has 0 aromatic heterocycles. The molecule has 1 aliphatic heterocycles. The van der Waals surface area contributed by atoms with Gasteiger partial charge >= 0.3 is 0 Å². The molecule has 0 bridgehead atoms. The summed E-state index contributed by atoms with van der Waals surface area (Å²) < 4.78 is 0. The number of allylic oxidation sites excluding steroid dienone is 1. The van der Waals surface area contributed by atoms with Crippen LogP contribution in [0.4, 0.5) is 0 Å². The molecule has 0 spiro atoms. The van der Waals surface area contributed by atoms with E-state index in [9.17, 15) is 5.11 Å². The molecule has 0 aromatic rings. The number of nitrogens with zero attached hydrogens (tertiary/aromatic N) is 2. The number of likely N-dealkylation sites (N-methyl/N-ethyl adjacent to an activating group) is 1. The van der Waals surface area contributed by atoms with E-state index in [-0.39, 0.29) is 6.61 Å². The van der Waals surface area contributed by atoms with Crippen molar-refractivity contribution in [1.82, 2.24) is 9.80 Å². The van der Waals surface area contributed by atoms with Gasteiger partial charge in [-0.25, -0.2) is 0 Å². The van der Waals surface area contributed by atoms with E-state index in [4.69, 9.17) is 0 Å². The molecular weight excluding hydrogens is 200 g/mol. The highest BCUT2D eigenvalue weighted by atomic mass is 16.3. The van der Waals surface area contributed by atoms with Gasteiger partial charge in [-0.1, -0.05) is 18.6 Å². The third-order valence-corrected chi connectivity index (χ3v) is 3.45. The van der Waals surface area contributed by atoms with Gasteiger partial charge < -0.3 is 10.0 Å². The zero-order valence-electron chi connectivity index (χ0n) is 11.1. The van der Waals surface area contributed by atoms with Crippen molar-refractivity contribution in [2.24, 2.45) is 0 Å². The molecule has 0 radical (unpaired) electrons.